The first-order chi connectivity index (χ1) is 10.6. The summed E-state index contributed by atoms with van der Waals surface area (Å²) in [5.41, 5.74) is 6.51. The van der Waals surface area contributed by atoms with Gasteiger partial charge in [-0.25, -0.2) is 12.4 Å². The number of aromatic nitrogens is 1. The maximum Gasteiger partial charge on any atom is 0.267 e. The number of carbonyl (C=O) groups is 1. The van der Waals surface area contributed by atoms with Crippen LogP contribution in [0, 0.1) is 6.92 Å². The first-order valence-corrected chi connectivity index (χ1v) is 8.61. The van der Waals surface area contributed by atoms with Crippen molar-refractivity contribution in [1.82, 2.24) is 9.29 Å². The van der Waals surface area contributed by atoms with Crippen molar-refractivity contribution < 1.29 is 13.2 Å². The number of hydrogen-bond acceptors (Lipinski definition) is 4. The predicted molar refractivity (Wildman–Crippen MR) is 96.0 cm³/mol. The molecule has 0 radical (unpaired) electrons. The van der Waals surface area contributed by atoms with Gasteiger partial charge in [0.1, 0.15) is 0 Å². The Kier molecular flexibility index (Phi) is 6.21. The van der Waals surface area contributed by atoms with Gasteiger partial charge >= 0.3 is 0 Å². The summed E-state index contributed by atoms with van der Waals surface area (Å²) in [7, 11) is -3.70. The van der Waals surface area contributed by atoms with E-state index in [4.69, 9.17) is 5.73 Å². The molecular formula is C16H22ClN3O3S. The van der Waals surface area contributed by atoms with Crippen molar-refractivity contribution in [3.8, 4) is 0 Å². The fourth-order valence-corrected chi connectivity index (χ4v) is 3.10. The number of nitrogens with zero attached hydrogens (tertiary/aromatic N) is 1. The molecule has 0 bridgehead atoms. The van der Waals surface area contributed by atoms with E-state index in [0.29, 0.717) is 6.54 Å². The van der Waals surface area contributed by atoms with Gasteiger partial charge in [0.25, 0.3) is 15.9 Å². The highest BCUT2D eigenvalue weighted by Gasteiger charge is 2.19. The molecule has 2 rings (SSSR count). The average molecular weight is 372 g/mol. The SMILES string of the molecule is Cc1ccc(S(=O)(=O)n2ccc(C(=O)NCC(C)(C)N)c2)cc1.Cl. The molecule has 0 aliphatic heterocycles. The Morgan fingerprint density at radius 2 is 1.79 bits per heavy atom. The van der Waals surface area contributed by atoms with Crippen LogP contribution in [0.2, 0.25) is 0 Å². The molecule has 0 aliphatic carbocycles. The zero-order valence-electron chi connectivity index (χ0n) is 13.8. The minimum atomic E-state index is -3.70. The molecule has 1 aromatic carbocycles. The van der Waals surface area contributed by atoms with Crippen LogP contribution in [-0.2, 0) is 10.0 Å². The van der Waals surface area contributed by atoms with Crippen LogP contribution in [0.25, 0.3) is 0 Å². The number of benzene rings is 1. The summed E-state index contributed by atoms with van der Waals surface area (Å²) >= 11 is 0. The monoisotopic (exact) mass is 371 g/mol. The fourth-order valence-electron chi connectivity index (χ4n) is 1.90. The second-order valence-corrected chi connectivity index (χ2v) is 8.06. The van der Waals surface area contributed by atoms with Crippen molar-refractivity contribution >= 4 is 28.3 Å². The Morgan fingerprint density at radius 1 is 1.21 bits per heavy atom. The summed E-state index contributed by atoms with van der Waals surface area (Å²) in [5.74, 6) is -0.360. The molecule has 1 aromatic heterocycles. The molecule has 0 spiro atoms. The molecule has 1 amide bonds. The molecule has 2 aromatic rings. The van der Waals surface area contributed by atoms with E-state index in [-0.39, 0.29) is 28.8 Å². The van der Waals surface area contributed by atoms with Crippen LogP contribution in [-0.4, -0.2) is 30.4 Å². The highest BCUT2D eigenvalue weighted by molar-refractivity contribution is 7.90. The molecular weight excluding hydrogens is 350 g/mol. The summed E-state index contributed by atoms with van der Waals surface area (Å²) in [6.45, 7) is 5.76. The van der Waals surface area contributed by atoms with Crippen LogP contribution in [0.1, 0.15) is 29.8 Å². The van der Waals surface area contributed by atoms with Crippen molar-refractivity contribution in [3.63, 3.8) is 0 Å². The zero-order chi connectivity index (χ0) is 17.3. The fraction of sp³-hybridized carbons (Fsp3) is 0.312. The van der Waals surface area contributed by atoms with Gasteiger partial charge in [-0.2, -0.15) is 0 Å². The third-order valence-corrected chi connectivity index (χ3v) is 4.88. The molecule has 3 N–H and O–H groups in total. The second-order valence-electron chi connectivity index (χ2n) is 6.22. The quantitative estimate of drug-likeness (QED) is 0.839. The largest absolute Gasteiger partial charge is 0.350 e. The van der Waals surface area contributed by atoms with Crippen LogP contribution in [0.4, 0.5) is 0 Å². The molecule has 24 heavy (non-hydrogen) atoms. The molecule has 0 unspecified atom stereocenters. The second kappa shape index (κ2) is 7.38. The summed E-state index contributed by atoms with van der Waals surface area (Å²) < 4.78 is 26.1. The van der Waals surface area contributed by atoms with Crippen LogP contribution in [0.5, 0.6) is 0 Å². The van der Waals surface area contributed by atoms with Crippen LogP contribution < -0.4 is 11.1 Å². The van der Waals surface area contributed by atoms with Crippen molar-refractivity contribution in [2.24, 2.45) is 5.73 Å². The smallest absolute Gasteiger partial charge is 0.267 e. The predicted octanol–water partition coefficient (Wildman–Crippen LogP) is 1.92. The number of rotatable bonds is 5. The molecule has 0 atom stereocenters. The van der Waals surface area contributed by atoms with Gasteiger partial charge in [-0.3, -0.25) is 4.79 Å². The maximum atomic E-state index is 12.5. The third-order valence-electron chi connectivity index (χ3n) is 3.23. The Morgan fingerprint density at radius 3 is 2.33 bits per heavy atom. The van der Waals surface area contributed by atoms with Gasteiger partial charge in [0.2, 0.25) is 0 Å². The molecule has 0 saturated carbocycles. The van der Waals surface area contributed by atoms with Crippen LogP contribution in [0.3, 0.4) is 0 Å². The number of amides is 1. The van der Waals surface area contributed by atoms with Crippen molar-refractivity contribution in [2.45, 2.75) is 31.2 Å². The van der Waals surface area contributed by atoms with Gasteiger partial charge in [0.15, 0.2) is 0 Å². The van der Waals surface area contributed by atoms with Crippen LogP contribution in [0.15, 0.2) is 47.6 Å². The molecule has 6 nitrogen and oxygen atoms in total. The Balaban J connectivity index is 0.00000288. The van der Waals surface area contributed by atoms with Crippen molar-refractivity contribution in [3.05, 3.63) is 53.9 Å². The lowest BCUT2D eigenvalue weighted by molar-refractivity contribution is 0.0946. The summed E-state index contributed by atoms with van der Waals surface area (Å²) in [6, 6.07) is 8.01. The van der Waals surface area contributed by atoms with Gasteiger partial charge in [-0.15, -0.1) is 12.4 Å². The third kappa shape index (κ3) is 4.83. The molecule has 1 heterocycles. The van der Waals surface area contributed by atoms with Gasteiger partial charge in [-0.1, -0.05) is 17.7 Å². The zero-order valence-corrected chi connectivity index (χ0v) is 15.4. The minimum Gasteiger partial charge on any atom is -0.350 e. The first-order valence-electron chi connectivity index (χ1n) is 7.17. The van der Waals surface area contributed by atoms with E-state index in [1.54, 1.807) is 38.1 Å². The van der Waals surface area contributed by atoms with E-state index in [1.165, 1.54) is 18.5 Å². The molecule has 0 aliphatic rings. The van der Waals surface area contributed by atoms with E-state index in [1.807, 2.05) is 6.92 Å². The number of carbonyl (C=O) groups excluding carboxylic acids is 1. The highest BCUT2D eigenvalue weighted by Crippen LogP contribution is 2.16. The summed E-state index contributed by atoms with van der Waals surface area (Å²) in [4.78, 5) is 12.2. The van der Waals surface area contributed by atoms with E-state index in [9.17, 15) is 13.2 Å². The minimum absolute atomic E-state index is 0. The van der Waals surface area contributed by atoms with Gasteiger partial charge in [0, 0.05) is 24.5 Å². The summed E-state index contributed by atoms with van der Waals surface area (Å²) in [5, 5.41) is 2.68. The number of hydrogen-bond donors (Lipinski definition) is 2. The van der Waals surface area contributed by atoms with Crippen molar-refractivity contribution in [2.75, 3.05) is 6.54 Å². The molecule has 8 heteroatoms. The Bertz CT molecular complexity index is 806. The molecule has 0 fully saturated rings. The van der Waals surface area contributed by atoms with E-state index in [0.717, 1.165) is 9.54 Å². The molecule has 132 valence electrons. The summed E-state index contributed by atoms with van der Waals surface area (Å²) in [6.07, 6.45) is 2.66. The Labute approximate surface area is 148 Å². The van der Waals surface area contributed by atoms with Gasteiger partial charge in [-0.05, 0) is 39.0 Å². The van der Waals surface area contributed by atoms with Gasteiger partial charge in [0.05, 0.1) is 10.5 Å². The highest BCUT2D eigenvalue weighted by atomic mass is 35.5. The van der Waals surface area contributed by atoms with Crippen LogP contribution >= 0.6 is 12.4 Å². The Hall–Kier alpha value is -1.83. The van der Waals surface area contributed by atoms with E-state index in [2.05, 4.69) is 5.32 Å². The normalized spacial score (nSPS) is 11.7. The van der Waals surface area contributed by atoms with Crippen molar-refractivity contribution in [1.29, 1.82) is 0 Å². The average Bonchev–Trinajstić information content (AvgIpc) is 2.95. The lowest BCUT2D eigenvalue weighted by Crippen LogP contribution is -2.45. The van der Waals surface area contributed by atoms with Gasteiger partial charge < -0.3 is 11.1 Å². The number of nitrogens with two attached hydrogens (primary N) is 1. The van der Waals surface area contributed by atoms with E-state index >= 15 is 0 Å². The maximum absolute atomic E-state index is 12.5. The topological polar surface area (TPSA) is 94.2 Å². The lowest BCUT2D eigenvalue weighted by atomic mass is 10.1. The number of aryl methyl sites for hydroxylation is 1. The van der Waals surface area contributed by atoms with E-state index < -0.39 is 15.6 Å². The number of nitrogens with one attached hydrogen (secondary N) is 1. The number of halogens is 1. The standard InChI is InChI=1S/C16H21N3O3S.ClH/c1-12-4-6-14(7-5-12)23(21,22)19-9-8-13(10-19)15(20)18-11-16(2,3)17;/h4-10H,11,17H2,1-3H3,(H,18,20);1H. The lowest BCUT2D eigenvalue weighted by Gasteiger charge is -2.18. The first kappa shape index (κ1) is 20.2. The molecule has 0 saturated heterocycles.